The van der Waals surface area contributed by atoms with Gasteiger partial charge in [0.25, 0.3) is 5.91 Å². The number of benzene rings is 2. The molecule has 0 spiro atoms. The molecule has 7 heteroatoms. The van der Waals surface area contributed by atoms with Gasteiger partial charge in [-0.1, -0.05) is 24.3 Å². The van der Waals surface area contributed by atoms with Crippen molar-refractivity contribution < 1.29 is 9.53 Å². The largest absolute Gasteiger partial charge is 0.483 e. The second-order valence-corrected chi connectivity index (χ2v) is 5.81. The van der Waals surface area contributed by atoms with Crippen LogP contribution in [0.25, 0.3) is 11.4 Å². The maximum atomic E-state index is 12.2. The first-order valence-corrected chi connectivity index (χ1v) is 7.85. The molecule has 0 aliphatic rings. The van der Waals surface area contributed by atoms with E-state index in [9.17, 15) is 4.79 Å². The molecule has 1 amide bonds. The number of hydrogen-bond acceptors (Lipinski definition) is 5. The van der Waals surface area contributed by atoms with E-state index in [-0.39, 0.29) is 12.5 Å². The molecule has 3 rings (SSSR count). The van der Waals surface area contributed by atoms with Gasteiger partial charge in [-0.25, -0.2) is 4.68 Å². The summed E-state index contributed by atoms with van der Waals surface area (Å²) in [5.74, 6) is 1.12. The fourth-order valence-electron chi connectivity index (χ4n) is 2.41. The number of nitrogens with one attached hydrogen (secondary N) is 1. The minimum atomic E-state index is -0.228. The molecule has 0 radical (unpaired) electrons. The van der Waals surface area contributed by atoms with Gasteiger partial charge in [0, 0.05) is 18.3 Å². The average molecular weight is 337 g/mol. The van der Waals surface area contributed by atoms with Crippen molar-refractivity contribution in [1.29, 1.82) is 0 Å². The first-order valence-electron chi connectivity index (χ1n) is 7.85. The lowest BCUT2D eigenvalue weighted by molar-refractivity contribution is -0.118. The quantitative estimate of drug-likeness (QED) is 0.773. The Morgan fingerprint density at radius 2 is 2.04 bits per heavy atom. The van der Waals surface area contributed by atoms with Crippen LogP contribution in [0.3, 0.4) is 0 Å². The Morgan fingerprint density at radius 1 is 1.20 bits per heavy atom. The maximum Gasteiger partial charge on any atom is 0.262 e. The van der Waals surface area contributed by atoms with Crippen LogP contribution in [0, 0.1) is 13.8 Å². The highest BCUT2D eigenvalue weighted by Crippen LogP contribution is 2.21. The third kappa shape index (κ3) is 4.00. The predicted octanol–water partition coefficient (Wildman–Crippen LogP) is 2.51. The number of hydrogen-bond donors (Lipinski definition) is 1. The summed E-state index contributed by atoms with van der Waals surface area (Å²) in [5.41, 5.74) is 3.57. The zero-order chi connectivity index (χ0) is 17.8. The third-order valence-electron chi connectivity index (χ3n) is 3.73. The molecule has 0 saturated carbocycles. The minimum Gasteiger partial charge on any atom is -0.483 e. The van der Waals surface area contributed by atoms with Crippen LogP contribution < -0.4 is 10.1 Å². The van der Waals surface area contributed by atoms with Crippen molar-refractivity contribution in [2.45, 2.75) is 13.8 Å². The van der Waals surface area contributed by atoms with E-state index in [1.54, 1.807) is 11.7 Å². The van der Waals surface area contributed by atoms with Crippen molar-refractivity contribution in [2.24, 2.45) is 7.05 Å². The van der Waals surface area contributed by atoms with Gasteiger partial charge in [-0.05, 0) is 53.6 Å². The lowest BCUT2D eigenvalue weighted by atomic mass is 10.1. The van der Waals surface area contributed by atoms with Gasteiger partial charge >= 0.3 is 0 Å². The highest BCUT2D eigenvalue weighted by atomic mass is 16.5. The van der Waals surface area contributed by atoms with E-state index < -0.39 is 0 Å². The SMILES string of the molecule is Cc1ccc(C)c(OCC(=O)Nc2cccc(-c3nnnn3C)c2)c1. The molecule has 25 heavy (non-hydrogen) atoms. The Bertz CT molecular complexity index is 904. The van der Waals surface area contributed by atoms with Gasteiger partial charge in [-0.2, -0.15) is 0 Å². The van der Waals surface area contributed by atoms with Crippen LogP contribution in [-0.2, 0) is 11.8 Å². The number of tetrazole rings is 1. The number of amides is 1. The summed E-state index contributed by atoms with van der Waals surface area (Å²) < 4.78 is 7.20. The molecular formula is C18H19N5O2. The number of nitrogens with zero attached hydrogens (tertiary/aromatic N) is 4. The van der Waals surface area contributed by atoms with Crippen LogP contribution in [0.4, 0.5) is 5.69 Å². The minimum absolute atomic E-state index is 0.0555. The second-order valence-electron chi connectivity index (χ2n) is 5.81. The molecule has 0 bridgehead atoms. The molecule has 128 valence electrons. The zero-order valence-corrected chi connectivity index (χ0v) is 14.4. The van der Waals surface area contributed by atoms with E-state index in [0.29, 0.717) is 17.3 Å². The fourth-order valence-corrected chi connectivity index (χ4v) is 2.41. The van der Waals surface area contributed by atoms with Crippen molar-refractivity contribution >= 4 is 11.6 Å². The van der Waals surface area contributed by atoms with Crippen molar-refractivity contribution in [3.63, 3.8) is 0 Å². The summed E-state index contributed by atoms with van der Waals surface area (Å²) in [4.78, 5) is 12.2. The van der Waals surface area contributed by atoms with Gasteiger partial charge in [0.05, 0.1) is 0 Å². The van der Waals surface area contributed by atoms with Gasteiger partial charge in [0.15, 0.2) is 12.4 Å². The topological polar surface area (TPSA) is 81.9 Å². The molecule has 2 aromatic carbocycles. The van der Waals surface area contributed by atoms with Crippen LogP contribution in [0.5, 0.6) is 5.75 Å². The molecule has 1 aromatic heterocycles. The van der Waals surface area contributed by atoms with Gasteiger partial charge in [0.2, 0.25) is 0 Å². The Morgan fingerprint density at radius 3 is 2.80 bits per heavy atom. The lowest BCUT2D eigenvalue weighted by Gasteiger charge is -2.11. The van der Waals surface area contributed by atoms with Crippen molar-refractivity contribution in [3.8, 4) is 17.1 Å². The van der Waals surface area contributed by atoms with E-state index in [1.165, 1.54) is 0 Å². The molecule has 0 fully saturated rings. The fraction of sp³-hybridized carbons (Fsp3) is 0.222. The maximum absolute atomic E-state index is 12.2. The van der Waals surface area contributed by atoms with Gasteiger partial charge in [0.1, 0.15) is 5.75 Å². The van der Waals surface area contributed by atoms with E-state index in [0.717, 1.165) is 16.7 Å². The molecule has 0 atom stereocenters. The molecule has 1 N–H and O–H groups in total. The number of rotatable bonds is 5. The van der Waals surface area contributed by atoms with Crippen LogP contribution in [-0.4, -0.2) is 32.7 Å². The van der Waals surface area contributed by atoms with Gasteiger partial charge in [-0.3, -0.25) is 4.79 Å². The number of carbonyl (C=O) groups excluding carboxylic acids is 1. The number of aromatic nitrogens is 4. The first kappa shape index (κ1) is 16.6. The van der Waals surface area contributed by atoms with E-state index in [1.807, 2.05) is 56.3 Å². The Kier molecular flexibility index (Phi) is 4.74. The van der Waals surface area contributed by atoms with Crippen LogP contribution >= 0.6 is 0 Å². The summed E-state index contributed by atoms with van der Waals surface area (Å²) in [6.07, 6.45) is 0. The van der Waals surface area contributed by atoms with Crippen molar-refractivity contribution in [3.05, 3.63) is 53.6 Å². The molecule has 3 aromatic rings. The molecular weight excluding hydrogens is 318 g/mol. The molecule has 0 aliphatic carbocycles. The highest BCUT2D eigenvalue weighted by molar-refractivity contribution is 5.92. The van der Waals surface area contributed by atoms with Crippen LogP contribution in [0.2, 0.25) is 0 Å². The molecule has 0 saturated heterocycles. The smallest absolute Gasteiger partial charge is 0.262 e. The summed E-state index contributed by atoms with van der Waals surface area (Å²) in [7, 11) is 1.76. The highest BCUT2D eigenvalue weighted by Gasteiger charge is 2.09. The predicted molar refractivity (Wildman–Crippen MR) is 94.3 cm³/mol. The molecule has 0 aliphatic heterocycles. The monoisotopic (exact) mass is 337 g/mol. The van der Waals surface area contributed by atoms with Gasteiger partial charge in [-0.15, -0.1) is 5.10 Å². The Balaban J connectivity index is 1.65. The van der Waals surface area contributed by atoms with Crippen LogP contribution in [0.1, 0.15) is 11.1 Å². The van der Waals surface area contributed by atoms with Crippen molar-refractivity contribution in [2.75, 3.05) is 11.9 Å². The summed E-state index contributed by atoms with van der Waals surface area (Å²) in [6.45, 7) is 3.88. The van der Waals surface area contributed by atoms with Gasteiger partial charge < -0.3 is 10.1 Å². The average Bonchev–Trinajstić information content (AvgIpc) is 3.02. The summed E-state index contributed by atoms with van der Waals surface area (Å²) in [6, 6.07) is 13.3. The Hall–Kier alpha value is -3.22. The molecule has 1 heterocycles. The summed E-state index contributed by atoms with van der Waals surface area (Å²) >= 11 is 0. The zero-order valence-electron chi connectivity index (χ0n) is 14.4. The molecule has 7 nitrogen and oxygen atoms in total. The normalized spacial score (nSPS) is 10.5. The first-order chi connectivity index (χ1) is 12.0. The second kappa shape index (κ2) is 7.12. The third-order valence-corrected chi connectivity index (χ3v) is 3.73. The van der Waals surface area contributed by atoms with Crippen LogP contribution in [0.15, 0.2) is 42.5 Å². The number of aryl methyl sites for hydroxylation is 3. The van der Waals surface area contributed by atoms with E-state index in [2.05, 4.69) is 20.8 Å². The summed E-state index contributed by atoms with van der Waals surface area (Å²) in [5, 5.41) is 14.2. The molecule has 0 unspecified atom stereocenters. The Labute approximate surface area is 145 Å². The number of anilines is 1. The standard InChI is InChI=1S/C18H19N5O2/c1-12-7-8-13(2)16(9-12)25-11-17(24)19-15-6-4-5-14(10-15)18-20-21-22-23(18)3/h4-10H,11H2,1-3H3,(H,19,24). The number of ether oxygens (including phenoxy) is 1. The lowest BCUT2D eigenvalue weighted by Crippen LogP contribution is -2.20. The van der Waals surface area contributed by atoms with E-state index in [4.69, 9.17) is 4.74 Å². The van der Waals surface area contributed by atoms with E-state index >= 15 is 0 Å². The van der Waals surface area contributed by atoms with Crippen molar-refractivity contribution in [1.82, 2.24) is 20.2 Å². The number of carbonyl (C=O) groups is 1.